The Bertz CT molecular complexity index is 1260. The third-order valence-electron chi connectivity index (χ3n) is 6.08. The maximum atomic E-state index is 6.72. The van der Waals surface area contributed by atoms with Gasteiger partial charge in [0.25, 0.3) is 0 Å². The molecule has 4 aromatic rings. The molecule has 2 aromatic carbocycles. The van der Waals surface area contributed by atoms with Gasteiger partial charge >= 0.3 is 0 Å². The van der Waals surface area contributed by atoms with Crippen LogP contribution in [0.3, 0.4) is 0 Å². The van der Waals surface area contributed by atoms with Gasteiger partial charge in [-0.2, -0.15) is 0 Å². The monoisotopic (exact) mass is 427 g/mol. The lowest BCUT2D eigenvalue weighted by molar-refractivity contribution is 0.324. The summed E-state index contributed by atoms with van der Waals surface area (Å²) in [6, 6.07) is 19.0. The Balaban J connectivity index is 1.60. The number of nitrogens with one attached hydrogen (secondary N) is 1. The fourth-order valence-corrected chi connectivity index (χ4v) is 4.36. The molecule has 164 valence electrons. The minimum atomic E-state index is 0.388. The van der Waals surface area contributed by atoms with Crippen LogP contribution in [0, 0.1) is 0 Å². The zero-order valence-corrected chi connectivity index (χ0v) is 18.5. The normalized spacial score (nSPS) is 14.0. The van der Waals surface area contributed by atoms with E-state index in [1.807, 2.05) is 12.1 Å². The first-order chi connectivity index (χ1) is 15.5. The van der Waals surface area contributed by atoms with Gasteiger partial charge in [-0.1, -0.05) is 12.1 Å². The summed E-state index contributed by atoms with van der Waals surface area (Å²) in [5.74, 6) is 1.11. The highest BCUT2D eigenvalue weighted by Crippen LogP contribution is 2.45. The molecule has 6 nitrogen and oxygen atoms in total. The predicted octanol–water partition coefficient (Wildman–Crippen LogP) is 6.21. The molecule has 2 heterocycles. The Hall–Kier alpha value is -3.67. The number of pyridine rings is 1. The van der Waals surface area contributed by atoms with Gasteiger partial charge in [-0.15, -0.1) is 0 Å². The van der Waals surface area contributed by atoms with Gasteiger partial charge in [-0.25, -0.2) is 4.98 Å². The number of rotatable bonds is 6. The molecule has 1 aliphatic rings. The van der Waals surface area contributed by atoms with E-state index in [1.165, 1.54) is 6.42 Å². The number of hydrogen-bond acceptors (Lipinski definition) is 5. The van der Waals surface area contributed by atoms with Crippen molar-refractivity contribution in [3.05, 3.63) is 60.8 Å². The van der Waals surface area contributed by atoms with Gasteiger partial charge in [-0.3, -0.25) is 0 Å². The highest BCUT2D eigenvalue weighted by Gasteiger charge is 2.27. The summed E-state index contributed by atoms with van der Waals surface area (Å²) in [5, 5.41) is 4.49. The molecule has 0 bridgehead atoms. The van der Waals surface area contributed by atoms with Gasteiger partial charge in [0.15, 0.2) is 0 Å². The molecule has 0 unspecified atom stereocenters. The van der Waals surface area contributed by atoms with E-state index in [4.69, 9.17) is 16.2 Å². The molecule has 2 aromatic heterocycles. The van der Waals surface area contributed by atoms with Gasteiger partial charge in [0.2, 0.25) is 5.88 Å². The quantitative estimate of drug-likeness (QED) is 0.340. The fourth-order valence-electron chi connectivity index (χ4n) is 4.36. The van der Waals surface area contributed by atoms with Crippen molar-refractivity contribution in [2.24, 2.45) is 0 Å². The lowest BCUT2D eigenvalue weighted by atomic mass is 9.92. The largest absolute Gasteiger partial charge is 0.437 e. The standard InChI is InChI=1S/C26H29N5O/c1-16(2)30-18-10-8-17(9-11-18)25-24(28)21-13-12-20(32-26-22(27)7-4-14-29-26)15-23(21)31(25)19-5-3-6-19/h4,7-16,19,30H,3,5-6,27-28H2,1-2H3. The van der Waals surface area contributed by atoms with E-state index in [0.717, 1.165) is 46.4 Å². The number of fused-ring (bicyclic) bond motifs is 1. The van der Waals surface area contributed by atoms with Gasteiger partial charge in [-0.05, 0) is 69.5 Å². The van der Waals surface area contributed by atoms with E-state index in [9.17, 15) is 0 Å². The zero-order valence-electron chi connectivity index (χ0n) is 18.5. The summed E-state index contributed by atoms with van der Waals surface area (Å²) in [5.41, 5.74) is 18.5. The molecule has 6 heteroatoms. The van der Waals surface area contributed by atoms with Crippen LogP contribution in [0.5, 0.6) is 11.6 Å². The van der Waals surface area contributed by atoms with E-state index in [1.54, 1.807) is 18.3 Å². The number of nitrogens with zero attached hydrogens (tertiary/aromatic N) is 2. The molecule has 5 rings (SSSR count). The second-order valence-corrected chi connectivity index (χ2v) is 8.77. The van der Waals surface area contributed by atoms with Crippen molar-refractivity contribution in [1.29, 1.82) is 0 Å². The van der Waals surface area contributed by atoms with Crippen LogP contribution < -0.4 is 21.5 Å². The van der Waals surface area contributed by atoms with Crippen LogP contribution in [-0.4, -0.2) is 15.6 Å². The summed E-state index contributed by atoms with van der Waals surface area (Å²) in [6.07, 6.45) is 5.22. The van der Waals surface area contributed by atoms with Crippen molar-refractivity contribution in [3.8, 4) is 22.9 Å². The molecule has 0 atom stereocenters. The Kier molecular flexibility index (Phi) is 5.13. The first kappa shape index (κ1) is 20.2. The van der Waals surface area contributed by atoms with Crippen molar-refractivity contribution in [3.63, 3.8) is 0 Å². The number of anilines is 3. The molecule has 5 N–H and O–H groups in total. The first-order valence-electron chi connectivity index (χ1n) is 11.2. The van der Waals surface area contributed by atoms with Crippen LogP contribution >= 0.6 is 0 Å². The molecule has 0 aliphatic heterocycles. The number of hydrogen-bond donors (Lipinski definition) is 3. The topological polar surface area (TPSA) is 91.1 Å². The summed E-state index contributed by atoms with van der Waals surface area (Å²) in [4.78, 5) is 4.25. The number of benzene rings is 2. The number of aromatic nitrogens is 2. The maximum Gasteiger partial charge on any atom is 0.242 e. The number of nitrogen functional groups attached to an aromatic ring is 2. The molecule has 1 aliphatic carbocycles. The van der Waals surface area contributed by atoms with Crippen molar-refractivity contribution >= 4 is 28.0 Å². The highest BCUT2D eigenvalue weighted by molar-refractivity contribution is 6.01. The molecule has 32 heavy (non-hydrogen) atoms. The molecule has 1 fully saturated rings. The Morgan fingerprint density at radius 1 is 1.06 bits per heavy atom. The van der Waals surface area contributed by atoms with Crippen LogP contribution in [-0.2, 0) is 0 Å². The molecule has 0 saturated heterocycles. The summed E-state index contributed by atoms with van der Waals surface area (Å²) < 4.78 is 8.41. The molecule has 0 radical (unpaired) electrons. The molecule has 0 amide bonds. The van der Waals surface area contributed by atoms with Crippen LogP contribution in [0.1, 0.15) is 39.2 Å². The molecular formula is C26H29N5O. The Morgan fingerprint density at radius 3 is 2.50 bits per heavy atom. The Labute approximate surface area is 188 Å². The Morgan fingerprint density at radius 2 is 1.84 bits per heavy atom. The zero-order chi connectivity index (χ0) is 22.2. The van der Waals surface area contributed by atoms with Gasteiger partial charge in [0.05, 0.1) is 22.6 Å². The SMILES string of the molecule is CC(C)Nc1ccc(-c2c(N)c3ccc(Oc4ncccc4N)cc3n2C2CCC2)cc1. The minimum absolute atomic E-state index is 0.388. The fraction of sp³-hybridized carbons (Fsp3) is 0.269. The van der Waals surface area contributed by atoms with E-state index in [-0.39, 0.29) is 0 Å². The van der Waals surface area contributed by atoms with Crippen molar-refractivity contribution in [2.45, 2.75) is 45.2 Å². The summed E-state index contributed by atoms with van der Waals surface area (Å²) >= 11 is 0. The summed E-state index contributed by atoms with van der Waals surface area (Å²) in [7, 11) is 0. The first-order valence-corrected chi connectivity index (χ1v) is 11.2. The molecule has 0 spiro atoms. The van der Waals surface area contributed by atoms with E-state index >= 15 is 0 Å². The number of ether oxygens (including phenoxy) is 1. The average Bonchev–Trinajstić information content (AvgIpc) is 3.01. The lowest BCUT2D eigenvalue weighted by Crippen LogP contribution is -2.18. The van der Waals surface area contributed by atoms with Crippen molar-refractivity contribution < 1.29 is 4.74 Å². The highest BCUT2D eigenvalue weighted by atomic mass is 16.5. The van der Waals surface area contributed by atoms with Gasteiger partial charge < -0.3 is 26.1 Å². The summed E-state index contributed by atoms with van der Waals surface area (Å²) in [6.45, 7) is 4.28. The second-order valence-electron chi connectivity index (χ2n) is 8.77. The molecule has 1 saturated carbocycles. The van der Waals surface area contributed by atoms with E-state index in [2.05, 4.69) is 59.0 Å². The van der Waals surface area contributed by atoms with Gasteiger partial charge in [0, 0.05) is 41.0 Å². The van der Waals surface area contributed by atoms with E-state index < -0.39 is 0 Å². The smallest absolute Gasteiger partial charge is 0.242 e. The second kappa shape index (κ2) is 8.11. The minimum Gasteiger partial charge on any atom is -0.437 e. The van der Waals surface area contributed by atoms with Crippen LogP contribution in [0.25, 0.3) is 22.2 Å². The predicted molar refractivity (Wildman–Crippen MR) is 132 cm³/mol. The lowest BCUT2D eigenvalue weighted by Gasteiger charge is -2.30. The van der Waals surface area contributed by atoms with Crippen molar-refractivity contribution in [1.82, 2.24) is 9.55 Å². The van der Waals surface area contributed by atoms with E-state index in [0.29, 0.717) is 29.4 Å². The van der Waals surface area contributed by atoms with Crippen LogP contribution in [0.4, 0.5) is 17.1 Å². The van der Waals surface area contributed by atoms with Crippen molar-refractivity contribution in [2.75, 3.05) is 16.8 Å². The van der Waals surface area contributed by atoms with Crippen LogP contribution in [0.2, 0.25) is 0 Å². The third kappa shape index (κ3) is 3.62. The third-order valence-corrected chi connectivity index (χ3v) is 6.08. The molecular weight excluding hydrogens is 398 g/mol. The number of nitrogens with two attached hydrogens (primary N) is 2. The van der Waals surface area contributed by atoms with Gasteiger partial charge in [0.1, 0.15) is 5.75 Å². The average molecular weight is 428 g/mol. The van der Waals surface area contributed by atoms with Crippen LogP contribution in [0.15, 0.2) is 60.8 Å². The maximum absolute atomic E-state index is 6.72.